The van der Waals surface area contributed by atoms with Crippen LogP contribution in [-0.2, 0) is 0 Å². The molecule has 0 amide bonds. The van der Waals surface area contributed by atoms with Gasteiger partial charge < -0.3 is 10.4 Å². The van der Waals surface area contributed by atoms with E-state index in [1.807, 2.05) is 13.0 Å². The highest BCUT2D eigenvalue weighted by molar-refractivity contribution is 5.47. The molecule has 0 radical (unpaired) electrons. The molecule has 0 spiro atoms. The second kappa shape index (κ2) is 4.83. The van der Waals surface area contributed by atoms with E-state index in [1.165, 1.54) is 6.07 Å². The molecule has 1 aromatic carbocycles. The van der Waals surface area contributed by atoms with E-state index in [0.29, 0.717) is 5.69 Å². The summed E-state index contributed by atoms with van der Waals surface area (Å²) in [5.41, 5.74) is 1.41. The molecule has 1 aromatic rings. The Morgan fingerprint density at radius 2 is 2.06 bits per heavy atom. The molecule has 1 saturated carbocycles. The molecule has 3 heteroatoms. The topological polar surface area (TPSA) is 32.3 Å². The minimum absolute atomic E-state index is 0.00837. The minimum Gasteiger partial charge on any atom is -0.391 e. The van der Waals surface area contributed by atoms with Crippen molar-refractivity contribution < 1.29 is 9.50 Å². The Morgan fingerprint density at radius 1 is 1.31 bits per heavy atom. The maximum atomic E-state index is 13.6. The number of hydrogen-bond acceptors (Lipinski definition) is 2. The van der Waals surface area contributed by atoms with E-state index >= 15 is 0 Å². The fraction of sp³-hybridized carbons (Fsp3) is 0.538. The molecule has 2 N–H and O–H groups in total. The summed E-state index contributed by atoms with van der Waals surface area (Å²) < 4.78 is 13.6. The van der Waals surface area contributed by atoms with Crippen LogP contribution in [0.3, 0.4) is 0 Å². The summed E-state index contributed by atoms with van der Waals surface area (Å²) in [7, 11) is 0. The van der Waals surface area contributed by atoms with E-state index in [9.17, 15) is 9.50 Å². The van der Waals surface area contributed by atoms with E-state index in [1.54, 1.807) is 6.07 Å². The highest BCUT2D eigenvalue weighted by atomic mass is 19.1. The van der Waals surface area contributed by atoms with Crippen LogP contribution in [0.2, 0.25) is 0 Å². The largest absolute Gasteiger partial charge is 0.391 e. The number of anilines is 1. The molecule has 0 saturated heterocycles. The van der Waals surface area contributed by atoms with E-state index < -0.39 is 0 Å². The molecular weight excluding hydrogens is 205 g/mol. The third-order valence-electron chi connectivity index (χ3n) is 3.19. The van der Waals surface area contributed by atoms with E-state index in [2.05, 4.69) is 5.32 Å². The van der Waals surface area contributed by atoms with Gasteiger partial charge in [0, 0.05) is 0 Å². The molecule has 2 nitrogen and oxygen atoms in total. The maximum Gasteiger partial charge on any atom is 0.146 e. The fourth-order valence-electron chi connectivity index (χ4n) is 2.22. The first-order valence-corrected chi connectivity index (χ1v) is 5.87. The summed E-state index contributed by atoms with van der Waals surface area (Å²) in [6.45, 7) is 1.86. The predicted molar refractivity (Wildman–Crippen MR) is 63.0 cm³/mol. The molecule has 0 aliphatic heterocycles. The van der Waals surface area contributed by atoms with Crippen molar-refractivity contribution in [3.05, 3.63) is 29.6 Å². The first kappa shape index (κ1) is 11.4. The van der Waals surface area contributed by atoms with Crippen LogP contribution >= 0.6 is 0 Å². The number of rotatable bonds is 2. The quantitative estimate of drug-likeness (QED) is 0.808. The fourth-order valence-corrected chi connectivity index (χ4v) is 2.22. The molecule has 1 aliphatic carbocycles. The Balaban J connectivity index is 2.07. The Morgan fingerprint density at radius 3 is 2.75 bits per heavy atom. The standard InChI is InChI=1S/C13H18FNO/c1-9-6-7-11(10(14)8-9)15-12-4-2-3-5-13(12)16/h6-8,12-13,15-16H,2-5H2,1H3/t12-,13-/m1/s1. The van der Waals surface area contributed by atoms with Crippen LogP contribution in [0, 0.1) is 12.7 Å². The van der Waals surface area contributed by atoms with Gasteiger partial charge in [-0.25, -0.2) is 4.39 Å². The van der Waals surface area contributed by atoms with Gasteiger partial charge in [0.05, 0.1) is 17.8 Å². The van der Waals surface area contributed by atoms with Gasteiger partial charge in [-0.3, -0.25) is 0 Å². The zero-order valence-electron chi connectivity index (χ0n) is 9.54. The number of aliphatic hydroxyl groups excluding tert-OH is 1. The van der Waals surface area contributed by atoms with Crippen LogP contribution in [0.4, 0.5) is 10.1 Å². The molecule has 88 valence electrons. The van der Waals surface area contributed by atoms with Gasteiger partial charge in [-0.2, -0.15) is 0 Å². The second-order valence-corrected chi connectivity index (χ2v) is 4.59. The third kappa shape index (κ3) is 2.53. The smallest absolute Gasteiger partial charge is 0.146 e. The average molecular weight is 223 g/mol. The molecule has 0 aromatic heterocycles. The Bertz CT molecular complexity index is 367. The molecule has 2 atom stereocenters. The zero-order chi connectivity index (χ0) is 11.5. The molecule has 1 aliphatic rings. The van der Waals surface area contributed by atoms with Crippen LogP contribution in [0.5, 0.6) is 0 Å². The Labute approximate surface area is 95.5 Å². The first-order chi connectivity index (χ1) is 7.66. The lowest BCUT2D eigenvalue weighted by Crippen LogP contribution is -2.36. The average Bonchev–Trinajstić information content (AvgIpc) is 2.25. The number of aliphatic hydroxyl groups is 1. The van der Waals surface area contributed by atoms with Crippen molar-refractivity contribution in [1.82, 2.24) is 0 Å². The summed E-state index contributed by atoms with van der Waals surface area (Å²) in [4.78, 5) is 0. The monoisotopic (exact) mass is 223 g/mol. The van der Waals surface area contributed by atoms with Gasteiger partial charge in [-0.15, -0.1) is 0 Å². The molecular formula is C13H18FNO. The summed E-state index contributed by atoms with van der Waals surface area (Å²) >= 11 is 0. The van der Waals surface area contributed by atoms with E-state index in [0.717, 1.165) is 31.2 Å². The highest BCUT2D eigenvalue weighted by Gasteiger charge is 2.23. The van der Waals surface area contributed by atoms with Gasteiger partial charge in [-0.05, 0) is 37.5 Å². The zero-order valence-corrected chi connectivity index (χ0v) is 9.54. The van der Waals surface area contributed by atoms with Crippen molar-refractivity contribution in [1.29, 1.82) is 0 Å². The number of benzene rings is 1. The molecule has 16 heavy (non-hydrogen) atoms. The number of halogens is 1. The van der Waals surface area contributed by atoms with Crippen molar-refractivity contribution >= 4 is 5.69 Å². The van der Waals surface area contributed by atoms with Gasteiger partial charge in [0.1, 0.15) is 5.82 Å². The van der Waals surface area contributed by atoms with Crippen molar-refractivity contribution in [3.8, 4) is 0 Å². The minimum atomic E-state index is -0.352. The molecule has 0 unspecified atom stereocenters. The lowest BCUT2D eigenvalue weighted by Gasteiger charge is -2.29. The number of aryl methyl sites for hydroxylation is 1. The number of nitrogens with one attached hydrogen (secondary N) is 1. The van der Waals surface area contributed by atoms with Gasteiger partial charge in [-0.1, -0.05) is 18.9 Å². The maximum absolute atomic E-state index is 13.6. The van der Waals surface area contributed by atoms with Crippen molar-refractivity contribution in [2.24, 2.45) is 0 Å². The summed E-state index contributed by atoms with van der Waals surface area (Å²) in [5.74, 6) is -0.238. The predicted octanol–water partition coefficient (Wildman–Crippen LogP) is 2.85. The summed E-state index contributed by atoms with van der Waals surface area (Å²) in [5, 5.41) is 12.9. The normalized spacial score (nSPS) is 25.4. The Hall–Kier alpha value is -1.09. The highest BCUT2D eigenvalue weighted by Crippen LogP contribution is 2.24. The van der Waals surface area contributed by atoms with Crippen LogP contribution in [-0.4, -0.2) is 17.3 Å². The number of hydrogen-bond donors (Lipinski definition) is 2. The summed E-state index contributed by atoms with van der Waals surface area (Å²) in [6, 6.07) is 5.12. The second-order valence-electron chi connectivity index (χ2n) is 4.59. The molecule has 0 heterocycles. The van der Waals surface area contributed by atoms with Gasteiger partial charge in [0.25, 0.3) is 0 Å². The Kier molecular flexibility index (Phi) is 3.44. The van der Waals surface area contributed by atoms with Crippen molar-refractivity contribution in [3.63, 3.8) is 0 Å². The molecule has 0 bridgehead atoms. The van der Waals surface area contributed by atoms with Crippen LogP contribution in [0.25, 0.3) is 0 Å². The van der Waals surface area contributed by atoms with Gasteiger partial charge in [0.2, 0.25) is 0 Å². The first-order valence-electron chi connectivity index (χ1n) is 5.87. The van der Waals surface area contributed by atoms with Gasteiger partial charge in [0.15, 0.2) is 0 Å². The van der Waals surface area contributed by atoms with Crippen LogP contribution in [0.15, 0.2) is 18.2 Å². The lowest BCUT2D eigenvalue weighted by atomic mass is 9.92. The van der Waals surface area contributed by atoms with Crippen LogP contribution < -0.4 is 5.32 Å². The van der Waals surface area contributed by atoms with Gasteiger partial charge >= 0.3 is 0 Å². The van der Waals surface area contributed by atoms with E-state index in [4.69, 9.17) is 0 Å². The van der Waals surface area contributed by atoms with Crippen molar-refractivity contribution in [2.75, 3.05) is 5.32 Å². The molecule has 2 rings (SSSR count). The van der Waals surface area contributed by atoms with Crippen molar-refractivity contribution in [2.45, 2.75) is 44.8 Å². The third-order valence-corrected chi connectivity index (χ3v) is 3.19. The van der Waals surface area contributed by atoms with Crippen LogP contribution in [0.1, 0.15) is 31.2 Å². The molecule has 1 fully saturated rings. The summed E-state index contributed by atoms with van der Waals surface area (Å²) in [6.07, 6.45) is 3.53. The SMILES string of the molecule is Cc1ccc(N[C@@H]2CCCC[C@H]2O)c(F)c1. The lowest BCUT2D eigenvalue weighted by molar-refractivity contribution is 0.116. The van der Waals surface area contributed by atoms with E-state index in [-0.39, 0.29) is 18.0 Å².